The zero-order valence-corrected chi connectivity index (χ0v) is 14.3. The van der Waals surface area contributed by atoms with Crippen molar-refractivity contribution in [2.75, 3.05) is 18.5 Å². The van der Waals surface area contributed by atoms with Gasteiger partial charge in [0.15, 0.2) is 0 Å². The molecule has 1 aliphatic rings. The number of halogens is 1. The van der Waals surface area contributed by atoms with E-state index >= 15 is 0 Å². The summed E-state index contributed by atoms with van der Waals surface area (Å²) in [5.74, 6) is -0.732. The van der Waals surface area contributed by atoms with Crippen LogP contribution in [-0.4, -0.2) is 36.1 Å². The van der Waals surface area contributed by atoms with Crippen LogP contribution in [-0.2, 0) is 4.74 Å². The monoisotopic (exact) mass is 359 g/mol. The minimum absolute atomic E-state index is 0.0539. The van der Waals surface area contributed by atoms with Crippen molar-refractivity contribution in [2.24, 2.45) is 0 Å². The SMILES string of the molecule is O=C(NCC1CCCO1)c1cccc(C(=O)Nc2cccc(Cl)c2)n1. The number of hydrogen-bond donors (Lipinski definition) is 2. The molecule has 6 nitrogen and oxygen atoms in total. The molecule has 1 saturated heterocycles. The first kappa shape index (κ1) is 17.4. The molecule has 1 aliphatic heterocycles. The Bertz CT molecular complexity index is 776. The summed E-state index contributed by atoms with van der Waals surface area (Å²) in [6.45, 7) is 1.18. The summed E-state index contributed by atoms with van der Waals surface area (Å²) in [6, 6.07) is 11.6. The van der Waals surface area contributed by atoms with Gasteiger partial charge in [0, 0.05) is 23.9 Å². The lowest BCUT2D eigenvalue weighted by molar-refractivity contribution is 0.0853. The first-order chi connectivity index (χ1) is 12.1. The van der Waals surface area contributed by atoms with Crippen LogP contribution in [0.5, 0.6) is 0 Å². The second-order valence-electron chi connectivity index (χ2n) is 5.72. The minimum atomic E-state index is -0.406. The Labute approximate surface area is 150 Å². The van der Waals surface area contributed by atoms with Gasteiger partial charge >= 0.3 is 0 Å². The van der Waals surface area contributed by atoms with E-state index in [9.17, 15) is 9.59 Å². The van der Waals surface area contributed by atoms with E-state index in [2.05, 4.69) is 15.6 Å². The fourth-order valence-electron chi connectivity index (χ4n) is 2.55. The smallest absolute Gasteiger partial charge is 0.274 e. The average Bonchev–Trinajstić information content (AvgIpc) is 3.13. The number of nitrogens with zero attached hydrogens (tertiary/aromatic N) is 1. The normalized spacial score (nSPS) is 16.4. The van der Waals surface area contributed by atoms with E-state index in [0.717, 1.165) is 19.4 Å². The first-order valence-electron chi connectivity index (χ1n) is 8.05. The molecule has 1 unspecified atom stereocenters. The Morgan fingerprint density at radius 3 is 2.64 bits per heavy atom. The Balaban J connectivity index is 1.63. The van der Waals surface area contributed by atoms with Crippen molar-refractivity contribution in [3.8, 4) is 0 Å². The van der Waals surface area contributed by atoms with Gasteiger partial charge in [-0.1, -0.05) is 23.7 Å². The Kier molecular flexibility index (Phi) is 5.63. The van der Waals surface area contributed by atoms with Crippen molar-refractivity contribution in [2.45, 2.75) is 18.9 Å². The van der Waals surface area contributed by atoms with Gasteiger partial charge in [-0.05, 0) is 43.2 Å². The van der Waals surface area contributed by atoms with Crippen LogP contribution in [0, 0.1) is 0 Å². The second-order valence-corrected chi connectivity index (χ2v) is 6.15. The van der Waals surface area contributed by atoms with Crippen LogP contribution in [0.1, 0.15) is 33.8 Å². The summed E-state index contributed by atoms with van der Waals surface area (Å²) in [4.78, 5) is 28.6. The number of aromatic nitrogens is 1. The summed E-state index contributed by atoms with van der Waals surface area (Å²) in [5.41, 5.74) is 0.911. The predicted molar refractivity (Wildman–Crippen MR) is 94.9 cm³/mol. The molecule has 3 rings (SSSR count). The number of nitrogens with one attached hydrogen (secondary N) is 2. The molecule has 2 N–H and O–H groups in total. The summed E-state index contributed by atoms with van der Waals surface area (Å²) < 4.78 is 5.47. The molecule has 25 heavy (non-hydrogen) atoms. The van der Waals surface area contributed by atoms with Crippen molar-refractivity contribution >= 4 is 29.1 Å². The lowest BCUT2D eigenvalue weighted by Crippen LogP contribution is -2.32. The van der Waals surface area contributed by atoms with Crippen molar-refractivity contribution in [1.82, 2.24) is 10.3 Å². The van der Waals surface area contributed by atoms with Gasteiger partial charge in [-0.25, -0.2) is 4.98 Å². The fraction of sp³-hybridized carbons (Fsp3) is 0.278. The van der Waals surface area contributed by atoms with E-state index in [4.69, 9.17) is 16.3 Å². The van der Waals surface area contributed by atoms with Crippen LogP contribution < -0.4 is 10.6 Å². The Morgan fingerprint density at radius 1 is 1.16 bits per heavy atom. The summed E-state index contributed by atoms with van der Waals surface area (Å²) in [6.07, 6.45) is 2.01. The molecule has 130 valence electrons. The molecule has 1 aromatic heterocycles. The second kappa shape index (κ2) is 8.09. The molecular weight excluding hydrogens is 342 g/mol. The van der Waals surface area contributed by atoms with Gasteiger partial charge in [0.05, 0.1) is 6.10 Å². The molecule has 0 saturated carbocycles. The van der Waals surface area contributed by atoms with Gasteiger partial charge in [0.1, 0.15) is 11.4 Å². The number of rotatable bonds is 5. The quantitative estimate of drug-likeness (QED) is 0.860. The third-order valence-electron chi connectivity index (χ3n) is 3.81. The lowest BCUT2D eigenvalue weighted by Gasteiger charge is -2.11. The molecule has 2 amide bonds. The lowest BCUT2D eigenvalue weighted by atomic mass is 10.2. The number of ether oxygens (including phenoxy) is 1. The number of pyridine rings is 1. The highest BCUT2D eigenvalue weighted by atomic mass is 35.5. The molecule has 1 atom stereocenters. The van der Waals surface area contributed by atoms with Crippen molar-refractivity contribution < 1.29 is 14.3 Å². The highest BCUT2D eigenvalue weighted by molar-refractivity contribution is 6.30. The van der Waals surface area contributed by atoms with Crippen LogP contribution in [0.4, 0.5) is 5.69 Å². The first-order valence-corrected chi connectivity index (χ1v) is 8.43. The maximum atomic E-state index is 12.3. The van der Waals surface area contributed by atoms with Crippen LogP contribution in [0.25, 0.3) is 0 Å². The molecule has 0 bridgehead atoms. The number of carbonyl (C=O) groups excluding carboxylic acids is 2. The van der Waals surface area contributed by atoms with Gasteiger partial charge < -0.3 is 15.4 Å². The Morgan fingerprint density at radius 2 is 1.92 bits per heavy atom. The molecule has 7 heteroatoms. The highest BCUT2D eigenvalue weighted by Crippen LogP contribution is 2.16. The van der Waals surface area contributed by atoms with Crippen LogP contribution in [0.15, 0.2) is 42.5 Å². The maximum Gasteiger partial charge on any atom is 0.274 e. The maximum absolute atomic E-state index is 12.3. The molecule has 0 spiro atoms. The van der Waals surface area contributed by atoms with Gasteiger partial charge in [0.2, 0.25) is 0 Å². The highest BCUT2D eigenvalue weighted by Gasteiger charge is 2.18. The molecule has 0 radical (unpaired) electrons. The summed E-state index contributed by atoms with van der Waals surface area (Å²) in [5, 5.41) is 6.01. The number of hydrogen-bond acceptors (Lipinski definition) is 4. The molecule has 2 heterocycles. The van der Waals surface area contributed by atoms with Gasteiger partial charge in [0.25, 0.3) is 11.8 Å². The molecular formula is C18H18ClN3O3. The fourth-order valence-corrected chi connectivity index (χ4v) is 2.74. The van der Waals surface area contributed by atoms with E-state index in [0.29, 0.717) is 17.3 Å². The number of carbonyl (C=O) groups is 2. The number of amides is 2. The molecule has 1 fully saturated rings. The zero-order valence-electron chi connectivity index (χ0n) is 13.5. The largest absolute Gasteiger partial charge is 0.376 e. The third-order valence-corrected chi connectivity index (χ3v) is 4.05. The molecule has 2 aromatic rings. The number of benzene rings is 1. The van der Waals surface area contributed by atoms with Crippen molar-refractivity contribution in [3.63, 3.8) is 0 Å². The summed E-state index contributed by atoms with van der Waals surface area (Å²) >= 11 is 5.90. The predicted octanol–water partition coefficient (Wildman–Crippen LogP) is 2.90. The summed E-state index contributed by atoms with van der Waals surface area (Å²) in [7, 11) is 0. The van der Waals surface area contributed by atoms with Crippen LogP contribution in [0.3, 0.4) is 0 Å². The standard InChI is InChI=1S/C18H18ClN3O3/c19-12-4-1-5-13(10-12)21-18(24)16-8-2-7-15(22-16)17(23)20-11-14-6-3-9-25-14/h1-2,4-5,7-8,10,14H,3,6,9,11H2,(H,20,23)(H,21,24). The van der Waals surface area contributed by atoms with Crippen LogP contribution in [0.2, 0.25) is 5.02 Å². The van der Waals surface area contributed by atoms with Crippen LogP contribution >= 0.6 is 11.6 Å². The number of anilines is 1. The van der Waals surface area contributed by atoms with Gasteiger partial charge in [-0.15, -0.1) is 0 Å². The van der Waals surface area contributed by atoms with Crippen molar-refractivity contribution in [1.29, 1.82) is 0 Å². The van der Waals surface area contributed by atoms with Gasteiger partial charge in [-0.2, -0.15) is 0 Å². The van der Waals surface area contributed by atoms with E-state index < -0.39 is 5.91 Å². The molecule has 1 aromatic carbocycles. The van der Waals surface area contributed by atoms with E-state index in [1.54, 1.807) is 42.5 Å². The Hall–Kier alpha value is -2.44. The molecule has 0 aliphatic carbocycles. The van der Waals surface area contributed by atoms with E-state index in [1.165, 1.54) is 0 Å². The topological polar surface area (TPSA) is 80.3 Å². The van der Waals surface area contributed by atoms with E-state index in [1.807, 2.05) is 0 Å². The van der Waals surface area contributed by atoms with Crippen molar-refractivity contribution in [3.05, 3.63) is 58.9 Å². The zero-order chi connectivity index (χ0) is 17.6. The third kappa shape index (κ3) is 4.78. The minimum Gasteiger partial charge on any atom is -0.376 e. The van der Waals surface area contributed by atoms with E-state index in [-0.39, 0.29) is 23.4 Å². The average molecular weight is 360 g/mol. The van der Waals surface area contributed by atoms with Gasteiger partial charge in [-0.3, -0.25) is 9.59 Å².